The lowest BCUT2D eigenvalue weighted by atomic mass is 9.72. The zero-order valence-electron chi connectivity index (χ0n) is 20.9. The molecule has 0 bridgehead atoms. The first-order valence-corrected chi connectivity index (χ1v) is 14.9. The van der Waals surface area contributed by atoms with Gasteiger partial charge in [-0.2, -0.15) is 0 Å². The molecule has 0 saturated heterocycles. The molecule has 3 rings (SSSR count). The molecule has 2 aromatic rings. The molecule has 3 heteroatoms. The van der Waals surface area contributed by atoms with E-state index in [4.69, 9.17) is 4.74 Å². The number of hydrogen-bond donors (Lipinski definition) is 0. The molecule has 0 aliphatic carbocycles. The van der Waals surface area contributed by atoms with E-state index in [1.165, 1.54) is 93.7 Å². The summed E-state index contributed by atoms with van der Waals surface area (Å²) in [7, 11) is 0. The molecule has 2 aromatic carbocycles. The summed E-state index contributed by atoms with van der Waals surface area (Å²) < 4.78 is 9.33. The van der Waals surface area contributed by atoms with Gasteiger partial charge in [0.15, 0.2) is 0 Å². The Hall–Kier alpha value is -0.800. The minimum absolute atomic E-state index is 0.261. The van der Waals surface area contributed by atoms with Crippen molar-refractivity contribution in [3.8, 4) is 16.9 Å². The molecule has 1 heterocycles. The summed E-state index contributed by atoms with van der Waals surface area (Å²) in [5, 5.41) is 0. The highest BCUT2D eigenvalue weighted by Crippen LogP contribution is 2.52. The van der Waals surface area contributed by atoms with Gasteiger partial charge in [-0.25, -0.2) is 0 Å². The Morgan fingerprint density at radius 2 is 1.30 bits per heavy atom. The summed E-state index contributed by atoms with van der Waals surface area (Å²) >= 11 is 7.45. The quantitative estimate of drug-likeness (QED) is 0.203. The summed E-state index contributed by atoms with van der Waals surface area (Å²) in [6.45, 7) is 7.01. The number of unbranched alkanes of at least 4 members (excludes halogenated alkanes) is 9. The average Bonchev–Trinajstić information content (AvgIpc) is 2.80. The van der Waals surface area contributed by atoms with Crippen molar-refractivity contribution in [1.82, 2.24) is 0 Å². The fourth-order valence-corrected chi connectivity index (χ4v) is 6.11. The summed E-state index contributed by atoms with van der Waals surface area (Å²) in [6, 6.07) is 13.3. The molecule has 0 amide bonds. The van der Waals surface area contributed by atoms with Crippen LogP contribution in [0, 0.1) is 5.92 Å². The summed E-state index contributed by atoms with van der Waals surface area (Å²) in [5.41, 5.74) is 3.68. The van der Waals surface area contributed by atoms with Gasteiger partial charge in [0.05, 0.1) is 0 Å². The predicted octanol–water partition coefficient (Wildman–Crippen LogP) is 11.2. The fraction of sp³-hybridized carbons (Fsp3) is 0.600. The van der Waals surface area contributed by atoms with E-state index in [2.05, 4.69) is 89.0 Å². The van der Waals surface area contributed by atoms with Crippen LogP contribution in [0.3, 0.4) is 0 Å². The lowest BCUT2D eigenvalue weighted by molar-refractivity contribution is -0.00755. The third kappa shape index (κ3) is 6.88. The number of rotatable bonds is 14. The first-order chi connectivity index (χ1) is 16.0. The van der Waals surface area contributed by atoms with Gasteiger partial charge in [0.25, 0.3) is 0 Å². The monoisotopic (exact) mass is 576 g/mol. The molecular weight excluding hydrogens is 536 g/mol. The number of ether oxygens (including phenoxy) is 1. The van der Waals surface area contributed by atoms with Crippen LogP contribution in [0.2, 0.25) is 0 Å². The maximum atomic E-state index is 7.10. The predicted molar refractivity (Wildman–Crippen MR) is 150 cm³/mol. The minimum atomic E-state index is -0.261. The van der Waals surface area contributed by atoms with E-state index in [0.29, 0.717) is 5.92 Å². The van der Waals surface area contributed by atoms with Crippen molar-refractivity contribution in [3.63, 3.8) is 0 Å². The molecule has 0 spiro atoms. The molecule has 1 nitrogen and oxygen atoms in total. The zero-order chi connectivity index (χ0) is 23.7. The van der Waals surface area contributed by atoms with Gasteiger partial charge in [0.2, 0.25) is 0 Å². The Morgan fingerprint density at radius 1 is 0.727 bits per heavy atom. The summed E-state index contributed by atoms with van der Waals surface area (Å²) in [6.07, 6.45) is 16.8. The van der Waals surface area contributed by atoms with Crippen LogP contribution in [0.5, 0.6) is 5.75 Å². The Morgan fingerprint density at radius 3 is 2.00 bits per heavy atom. The Kier molecular flexibility index (Phi) is 10.8. The van der Waals surface area contributed by atoms with Gasteiger partial charge in [-0.1, -0.05) is 123 Å². The Balaban J connectivity index is 1.90. The molecule has 0 fully saturated rings. The highest BCUT2D eigenvalue weighted by molar-refractivity contribution is 9.10. The van der Waals surface area contributed by atoms with Crippen LogP contribution in [0.25, 0.3) is 11.1 Å². The van der Waals surface area contributed by atoms with Gasteiger partial charge in [-0.3, -0.25) is 0 Å². The van der Waals surface area contributed by atoms with E-state index in [-0.39, 0.29) is 5.60 Å². The van der Waals surface area contributed by atoms with Crippen LogP contribution in [-0.4, -0.2) is 0 Å². The summed E-state index contributed by atoms with van der Waals surface area (Å²) in [4.78, 5) is 0. The third-order valence-electron chi connectivity index (χ3n) is 7.40. The molecule has 0 aromatic heterocycles. The van der Waals surface area contributed by atoms with E-state index in [0.717, 1.165) is 21.1 Å². The van der Waals surface area contributed by atoms with Crippen LogP contribution in [0.15, 0.2) is 45.3 Å². The molecule has 33 heavy (non-hydrogen) atoms. The lowest BCUT2D eigenvalue weighted by Crippen LogP contribution is -2.42. The van der Waals surface area contributed by atoms with Crippen molar-refractivity contribution < 1.29 is 4.74 Å². The van der Waals surface area contributed by atoms with Gasteiger partial charge in [-0.15, -0.1) is 0 Å². The van der Waals surface area contributed by atoms with E-state index in [1.54, 1.807) is 0 Å². The van der Waals surface area contributed by atoms with Crippen molar-refractivity contribution in [3.05, 3.63) is 50.9 Å². The standard InChI is InChI=1S/C30H42Br2O/c1-4-6-8-10-12-14-20-30(23(3)15-13-11-9-7-5-2)28-21-24(31)16-18-26(28)27-19-17-25(32)22-29(27)33-30/h16-19,21-23H,4-15,20H2,1-3H3. The van der Waals surface area contributed by atoms with E-state index >= 15 is 0 Å². The van der Waals surface area contributed by atoms with E-state index < -0.39 is 0 Å². The second kappa shape index (κ2) is 13.3. The Labute approximate surface area is 219 Å². The zero-order valence-corrected chi connectivity index (χ0v) is 24.1. The van der Waals surface area contributed by atoms with Crippen molar-refractivity contribution in [2.24, 2.45) is 5.92 Å². The molecule has 2 atom stereocenters. The van der Waals surface area contributed by atoms with Crippen LogP contribution in [0.1, 0.15) is 110 Å². The van der Waals surface area contributed by atoms with E-state index in [1.807, 2.05) is 0 Å². The molecule has 0 radical (unpaired) electrons. The van der Waals surface area contributed by atoms with Crippen LogP contribution in [-0.2, 0) is 5.60 Å². The SMILES string of the molecule is CCCCCCCCC1(C(C)CCCCCCC)Oc2cc(Br)ccc2-c2ccc(Br)cc21. The van der Waals surface area contributed by atoms with Gasteiger partial charge < -0.3 is 4.74 Å². The van der Waals surface area contributed by atoms with E-state index in [9.17, 15) is 0 Å². The lowest BCUT2D eigenvalue weighted by Gasteiger charge is -2.45. The molecule has 1 aliphatic rings. The summed E-state index contributed by atoms with van der Waals surface area (Å²) in [5.74, 6) is 1.50. The van der Waals surface area contributed by atoms with Crippen LogP contribution < -0.4 is 4.74 Å². The molecule has 2 unspecified atom stereocenters. The number of halogens is 2. The number of fused-ring (bicyclic) bond motifs is 3. The number of benzene rings is 2. The van der Waals surface area contributed by atoms with Crippen molar-refractivity contribution >= 4 is 31.9 Å². The topological polar surface area (TPSA) is 9.23 Å². The van der Waals surface area contributed by atoms with Gasteiger partial charge in [0.1, 0.15) is 11.4 Å². The van der Waals surface area contributed by atoms with Crippen LogP contribution >= 0.6 is 31.9 Å². The second-order valence-corrected chi connectivity index (χ2v) is 11.8. The first kappa shape index (κ1) is 26.8. The largest absolute Gasteiger partial charge is 0.482 e. The molecular formula is C30H42Br2O. The first-order valence-electron chi connectivity index (χ1n) is 13.3. The highest BCUT2D eigenvalue weighted by atomic mass is 79.9. The normalized spacial score (nSPS) is 17.8. The van der Waals surface area contributed by atoms with Crippen LogP contribution in [0.4, 0.5) is 0 Å². The smallest absolute Gasteiger partial charge is 0.137 e. The number of hydrogen-bond acceptors (Lipinski definition) is 1. The maximum absolute atomic E-state index is 7.10. The van der Waals surface area contributed by atoms with Crippen molar-refractivity contribution in [2.45, 2.75) is 110 Å². The third-order valence-corrected chi connectivity index (χ3v) is 8.39. The average molecular weight is 578 g/mol. The molecule has 1 aliphatic heterocycles. The molecule has 0 saturated carbocycles. The van der Waals surface area contributed by atoms with Crippen molar-refractivity contribution in [1.29, 1.82) is 0 Å². The molecule has 0 N–H and O–H groups in total. The van der Waals surface area contributed by atoms with Gasteiger partial charge in [-0.05, 0) is 55.2 Å². The van der Waals surface area contributed by atoms with Gasteiger partial charge >= 0.3 is 0 Å². The van der Waals surface area contributed by atoms with Gasteiger partial charge in [0, 0.05) is 26.0 Å². The van der Waals surface area contributed by atoms with Crippen molar-refractivity contribution in [2.75, 3.05) is 0 Å². The minimum Gasteiger partial charge on any atom is -0.482 e. The maximum Gasteiger partial charge on any atom is 0.137 e. The Bertz CT molecular complexity index is 878. The molecule has 182 valence electrons. The fourth-order valence-electron chi connectivity index (χ4n) is 5.41. The highest BCUT2D eigenvalue weighted by Gasteiger charge is 2.44. The second-order valence-electron chi connectivity index (χ2n) is 9.94.